The number of fused-ring (bicyclic) bond motifs is 1. The van der Waals surface area contributed by atoms with Crippen LogP contribution in [0, 0.1) is 5.82 Å². The van der Waals surface area contributed by atoms with E-state index in [1.165, 1.54) is 43.5 Å². The molecule has 2 aromatic heterocycles. The molecule has 0 aliphatic rings. The molecule has 2 N–H and O–H groups in total. The summed E-state index contributed by atoms with van der Waals surface area (Å²) in [7, 11) is 0. The SMILES string of the molecule is CC(=O)Nc1ccc2c(COC(=O)c3cccnc3Nc3ccccc3F)cc(=O)oc2c1. The van der Waals surface area contributed by atoms with Gasteiger partial charge in [0.05, 0.1) is 5.69 Å². The quantitative estimate of drug-likeness (QED) is 0.333. The summed E-state index contributed by atoms with van der Waals surface area (Å²) in [6, 6.07) is 15.1. The van der Waals surface area contributed by atoms with Gasteiger partial charge in [0.15, 0.2) is 0 Å². The molecule has 4 rings (SSSR count). The lowest BCUT2D eigenvalue weighted by molar-refractivity contribution is -0.114. The Balaban J connectivity index is 1.57. The molecule has 0 aliphatic carbocycles. The van der Waals surface area contributed by atoms with E-state index in [4.69, 9.17) is 9.15 Å². The molecule has 0 fully saturated rings. The maximum atomic E-state index is 14.0. The highest BCUT2D eigenvalue weighted by Crippen LogP contribution is 2.24. The van der Waals surface area contributed by atoms with Gasteiger partial charge in [-0.3, -0.25) is 4.79 Å². The second-order valence-corrected chi connectivity index (χ2v) is 7.06. The van der Waals surface area contributed by atoms with Crippen molar-refractivity contribution in [2.45, 2.75) is 13.5 Å². The lowest BCUT2D eigenvalue weighted by atomic mass is 10.1. The van der Waals surface area contributed by atoms with Crippen LogP contribution in [0.15, 0.2) is 76.1 Å². The van der Waals surface area contributed by atoms with Gasteiger partial charge >= 0.3 is 11.6 Å². The van der Waals surface area contributed by atoms with Crippen LogP contribution in [-0.2, 0) is 16.1 Å². The smallest absolute Gasteiger partial charge is 0.342 e. The molecular weight excluding hydrogens is 429 g/mol. The summed E-state index contributed by atoms with van der Waals surface area (Å²) in [5.41, 5.74) is 0.760. The zero-order chi connectivity index (χ0) is 23.4. The molecule has 0 atom stereocenters. The van der Waals surface area contributed by atoms with E-state index in [2.05, 4.69) is 15.6 Å². The fourth-order valence-corrected chi connectivity index (χ4v) is 3.21. The van der Waals surface area contributed by atoms with Crippen molar-refractivity contribution < 1.29 is 23.1 Å². The number of amides is 1. The first-order chi connectivity index (χ1) is 15.9. The van der Waals surface area contributed by atoms with Crippen molar-refractivity contribution in [3.63, 3.8) is 0 Å². The van der Waals surface area contributed by atoms with Crippen LogP contribution < -0.4 is 16.3 Å². The van der Waals surface area contributed by atoms with Gasteiger partial charge in [-0.25, -0.2) is 19.0 Å². The van der Waals surface area contributed by atoms with Gasteiger partial charge < -0.3 is 19.8 Å². The number of pyridine rings is 1. The van der Waals surface area contributed by atoms with Gasteiger partial charge in [0.2, 0.25) is 5.91 Å². The summed E-state index contributed by atoms with van der Waals surface area (Å²) >= 11 is 0. The van der Waals surface area contributed by atoms with E-state index < -0.39 is 17.4 Å². The third kappa shape index (κ3) is 5.04. The van der Waals surface area contributed by atoms with Gasteiger partial charge in [-0.15, -0.1) is 0 Å². The first-order valence-electron chi connectivity index (χ1n) is 9.89. The summed E-state index contributed by atoms with van der Waals surface area (Å²) in [4.78, 5) is 40.1. The van der Waals surface area contributed by atoms with Crippen molar-refractivity contribution in [1.82, 2.24) is 4.98 Å². The molecule has 0 aliphatic heterocycles. The van der Waals surface area contributed by atoms with E-state index in [0.717, 1.165) is 0 Å². The largest absolute Gasteiger partial charge is 0.457 e. The minimum atomic E-state index is -0.710. The Kier molecular flexibility index (Phi) is 6.12. The Morgan fingerprint density at radius 2 is 1.91 bits per heavy atom. The highest BCUT2D eigenvalue weighted by Gasteiger charge is 2.16. The summed E-state index contributed by atoms with van der Waals surface area (Å²) < 4.78 is 24.6. The Hall–Kier alpha value is -4.53. The summed E-state index contributed by atoms with van der Waals surface area (Å²) in [6.07, 6.45) is 1.46. The van der Waals surface area contributed by atoms with Gasteiger partial charge in [-0.2, -0.15) is 0 Å². The minimum Gasteiger partial charge on any atom is -0.457 e. The number of benzene rings is 2. The number of para-hydroxylation sites is 1. The number of rotatable bonds is 6. The van der Waals surface area contributed by atoms with E-state index in [1.54, 1.807) is 30.3 Å². The normalized spacial score (nSPS) is 10.6. The van der Waals surface area contributed by atoms with Gasteiger partial charge in [0.25, 0.3) is 0 Å². The molecule has 166 valence electrons. The summed E-state index contributed by atoms with van der Waals surface area (Å²) in [5.74, 6) is -1.34. The van der Waals surface area contributed by atoms with E-state index in [-0.39, 0.29) is 35.2 Å². The molecule has 0 unspecified atom stereocenters. The molecule has 0 saturated carbocycles. The molecule has 4 aromatic rings. The average molecular weight is 447 g/mol. The first kappa shape index (κ1) is 21.7. The predicted molar refractivity (Wildman–Crippen MR) is 120 cm³/mol. The molecule has 0 spiro atoms. The lowest BCUT2D eigenvalue weighted by Crippen LogP contribution is -2.11. The summed E-state index contributed by atoms with van der Waals surface area (Å²) in [5, 5.41) is 5.95. The van der Waals surface area contributed by atoms with Crippen LogP contribution >= 0.6 is 0 Å². The second kappa shape index (κ2) is 9.31. The van der Waals surface area contributed by atoms with Crippen LogP contribution in [0.5, 0.6) is 0 Å². The van der Waals surface area contributed by atoms with Crippen LogP contribution in [0.1, 0.15) is 22.8 Å². The van der Waals surface area contributed by atoms with Gasteiger partial charge in [-0.1, -0.05) is 12.1 Å². The van der Waals surface area contributed by atoms with Crippen LogP contribution in [0.25, 0.3) is 11.0 Å². The predicted octanol–water partition coefficient (Wildman–Crippen LogP) is 4.39. The van der Waals surface area contributed by atoms with E-state index in [0.29, 0.717) is 16.6 Å². The third-order valence-corrected chi connectivity index (χ3v) is 4.66. The number of halogens is 1. The third-order valence-electron chi connectivity index (χ3n) is 4.66. The van der Waals surface area contributed by atoms with Crippen LogP contribution in [0.2, 0.25) is 0 Å². The van der Waals surface area contributed by atoms with Crippen molar-refractivity contribution in [3.8, 4) is 0 Å². The van der Waals surface area contributed by atoms with Crippen LogP contribution in [-0.4, -0.2) is 16.9 Å². The van der Waals surface area contributed by atoms with E-state index in [1.807, 2.05) is 0 Å². The van der Waals surface area contributed by atoms with E-state index in [9.17, 15) is 18.8 Å². The van der Waals surface area contributed by atoms with Crippen molar-refractivity contribution >= 4 is 40.0 Å². The number of aromatic nitrogens is 1. The number of carbonyl (C=O) groups is 2. The highest BCUT2D eigenvalue weighted by molar-refractivity contribution is 5.96. The molecule has 8 nitrogen and oxygen atoms in total. The van der Waals surface area contributed by atoms with Crippen molar-refractivity contribution in [2.24, 2.45) is 0 Å². The second-order valence-electron chi connectivity index (χ2n) is 7.06. The standard InChI is InChI=1S/C24H18FN3O5/c1-14(29)27-16-8-9-17-15(11-22(30)33-21(17)12-16)13-32-24(31)18-5-4-10-26-23(18)28-20-7-3-2-6-19(20)25/h2-12H,13H2,1H3,(H,26,28)(H,27,29). The van der Waals surface area contributed by atoms with Crippen molar-refractivity contribution in [1.29, 1.82) is 0 Å². The Bertz CT molecular complexity index is 1420. The number of anilines is 3. The zero-order valence-corrected chi connectivity index (χ0v) is 17.4. The van der Waals surface area contributed by atoms with Crippen molar-refractivity contribution in [3.05, 3.63) is 94.2 Å². The van der Waals surface area contributed by atoms with Crippen LogP contribution in [0.4, 0.5) is 21.6 Å². The molecule has 33 heavy (non-hydrogen) atoms. The topological polar surface area (TPSA) is 111 Å². The number of ether oxygens (including phenoxy) is 1. The number of hydrogen-bond donors (Lipinski definition) is 2. The molecule has 0 saturated heterocycles. The lowest BCUT2D eigenvalue weighted by Gasteiger charge is -2.12. The average Bonchev–Trinajstić information content (AvgIpc) is 2.78. The van der Waals surface area contributed by atoms with Gasteiger partial charge in [0.1, 0.15) is 29.4 Å². The first-order valence-corrected chi connectivity index (χ1v) is 9.89. The fourth-order valence-electron chi connectivity index (χ4n) is 3.21. The molecule has 0 radical (unpaired) electrons. The maximum Gasteiger partial charge on any atom is 0.342 e. The molecular formula is C24H18FN3O5. The highest BCUT2D eigenvalue weighted by atomic mass is 19.1. The van der Waals surface area contributed by atoms with Crippen molar-refractivity contribution in [2.75, 3.05) is 10.6 Å². The molecule has 1 amide bonds. The fraction of sp³-hybridized carbons (Fsp3) is 0.0833. The van der Waals surface area contributed by atoms with Gasteiger partial charge in [0, 0.05) is 41.9 Å². The number of carbonyl (C=O) groups excluding carboxylic acids is 2. The molecule has 2 heterocycles. The van der Waals surface area contributed by atoms with Crippen LogP contribution in [0.3, 0.4) is 0 Å². The van der Waals surface area contributed by atoms with Gasteiger partial charge in [-0.05, 0) is 36.4 Å². The molecule has 2 aromatic carbocycles. The molecule has 9 heteroatoms. The minimum absolute atomic E-state index is 0.0981. The molecule has 0 bridgehead atoms. The van der Waals surface area contributed by atoms with E-state index >= 15 is 0 Å². The number of esters is 1. The Morgan fingerprint density at radius 3 is 2.70 bits per heavy atom. The summed E-state index contributed by atoms with van der Waals surface area (Å²) in [6.45, 7) is 1.15. The number of hydrogen-bond acceptors (Lipinski definition) is 7. The Morgan fingerprint density at radius 1 is 1.09 bits per heavy atom. The number of nitrogens with zero attached hydrogens (tertiary/aromatic N) is 1. The maximum absolute atomic E-state index is 14.0. The monoisotopic (exact) mass is 447 g/mol. The Labute approximate surface area is 187 Å². The zero-order valence-electron chi connectivity index (χ0n) is 17.4. The number of nitrogens with one attached hydrogen (secondary N) is 2.